The van der Waals surface area contributed by atoms with Crippen LogP contribution in [0.4, 0.5) is 11.4 Å². The maximum absolute atomic E-state index is 14.1. The average molecular weight is 620 g/mol. The lowest BCUT2D eigenvalue weighted by Gasteiger charge is -2.50. The smallest absolute Gasteiger partial charge is 0.255 e. The van der Waals surface area contributed by atoms with Crippen molar-refractivity contribution in [2.24, 2.45) is 17.6 Å². The number of fused-ring (bicyclic) bond motifs is 3. The van der Waals surface area contributed by atoms with Crippen molar-refractivity contribution in [3.8, 4) is 5.75 Å². The predicted octanol–water partition coefficient (Wildman–Crippen LogP) is 0.758. The van der Waals surface area contributed by atoms with E-state index in [-0.39, 0.29) is 36.2 Å². The van der Waals surface area contributed by atoms with Crippen LogP contribution in [0.25, 0.3) is 5.76 Å². The van der Waals surface area contributed by atoms with E-state index in [0.717, 1.165) is 5.56 Å². The van der Waals surface area contributed by atoms with Crippen molar-refractivity contribution in [3.63, 3.8) is 0 Å². The number of ketones is 2. The molecule has 4 atom stereocenters. The first kappa shape index (κ1) is 31.7. The van der Waals surface area contributed by atoms with Crippen LogP contribution in [-0.4, -0.2) is 95.1 Å². The van der Waals surface area contributed by atoms with E-state index >= 15 is 0 Å². The summed E-state index contributed by atoms with van der Waals surface area (Å²) in [7, 11) is 6.58. The predicted molar refractivity (Wildman–Crippen MR) is 165 cm³/mol. The van der Waals surface area contributed by atoms with E-state index in [2.05, 4.69) is 10.6 Å². The van der Waals surface area contributed by atoms with Gasteiger partial charge in [0.15, 0.2) is 11.4 Å². The van der Waals surface area contributed by atoms with Gasteiger partial charge in [-0.3, -0.25) is 24.1 Å². The first-order valence-electron chi connectivity index (χ1n) is 14.5. The Morgan fingerprint density at radius 2 is 1.73 bits per heavy atom. The van der Waals surface area contributed by atoms with Crippen molar-refractivity contribution in [3.05, 3.63) is 70.0 Å². The van der Waals surface area contributed by atoms with Gasteiger partial charge >= 0.3 is 0 Å². The number of phenols is 1. The van der Waals surface area contributed by atoms with Crippen LogP contribution in [0.5, 0.6) is 5.75 Å². The maximum Gasteiger partial charge on any atom is 0.255 e. The van der Waals surface area contributed by atoms with Crippen LogP contribution in [0.3, 0.4) is 0 Å². The van der Waals surface area contributed by atoms with Crippen molar-refractivity contribution in [1.29, 1.82) is 0 Å². The molecular formula is C32H37N5O8. The molecule has 5 rings (SSSR count). The van der Waals surface area contributed by atoms with Gasteiger partial charge in [-0.2, -0.15) is 0 Å². The number of hydrogen-bond acceptors (Lipinski definition) is 11. The monoisotopic (exact) mass is 619 g/mol. The van der Waals surface area contributed by atoms with Crippen LogP contribution in [0.1, 0.15) is 23.1 Å². The number of Topliss-reactive ketones (excluding diaryl/α,β-unsaturated/α-hetero) is 2. The highest BCUT2D eigenvalue weighted by Crippen LogP contribution is 2.54. The van der Waals surface area contributed by atoms with Crippen LogP contribution in [0.15, 0.2) is 53.3 Å². The van der Waals surface area contributed by atoms with Crippen LogP contribution in [0.2, 0.25) is 0 Å². The molecule has 3 aliphatic carbocycles. The number of anilines is 2. The number of aliphatic hydroxyl groups is 3. The zero-order valence-electron chi connectivity index (χ0n) is 25.4. The van der Waals surface area contributed by atoms with Gasteiger partial charge in [-0.25, -0.2) is 0 Å². The van der Waals surface area contributed by atoms with Crippen molar-refractivity contribution >= 4 is 40.5 Å². The third-order valence-electron chi connectivity index (χ3n) is 8.91. The molecule has 0 saturated heterocycles. The molecule has 13 heteroatoms. The van der Waals surface area contributed by atoms with Gasteiger partial charge in [0.25, 0.3) is 5.91 Å². The molecule has 45 heavy (non-hydrogen) atoms. The Labute approximate surface area is 259 Å². The molecule has 0 aliphatic heterocycles. The van der Waals surface area contributed by atoms with Gasteiger partial charge in [-0.15, -0.1) is 0 Å². The second-order valence-electron chi connectivity index (χ2n) is 12.1. The number of primary amides is 1. The molecule has 2 aromatic carbocycles. The molecule has 0 bridgehead atoms. The minimum absolute atomic E-state index is 0.0101. The second-order valence-corrected chi connectivity index (χ2v) is 12.1. The summed E-state index contributed by atoms with van der Waals surface area (Å²) in [4.78, 5) is 55.6. The summed E-state index contributed by atoms with van der Waals surface area (Å²) in [5.74, 6) is -7.84. The van der Waals surface area contributed by atoms with E-state index < -0.39 is 69.7 Å². The van der Waals surface area contributed by atoms with Gasteiger partial charge in [-0.1, -0.05) is 30.3 Å². The number of carbonyl (C=O) groups excluding carboxylic acids is 4. The van der Waals surface area contributed by atoms with Gasteiger partial charge in [0.1, 0.15) is 22.8 Å². The van der Waals surface area contributed by atoms with Crippen LogP contribution >= 0.6 is 0 Å². The van der Waals surface area contributed by atoms with Crippen LogP contribution < -0.4 is 21.3 Å². The van der Waals surface area contributed by atoms with E-state index in [4.69, 9.17) is 5.73 Å². The summed E-state index contributed by atoms with van der Waals surface area (Å²) in [6.07, 6.45) is 0.105. The summed E-state index contributed by atoms with van der Waals surface area (Å²) in [6.45, 7) is 0.358. The molecule has 0 radical (unpaired) electrons. The molecule has 0 aromatic heterocycles. The Bertz CT molecular complexity index is 1670. The van der Waals surface area contributed by atoms with Gasteiger partial charge < -0.3 is 41.7 Å². The highest BCUT2D eigenvalue weighted by Gasteiger charge is 2.64. The number of aromatic hydroxyl groups is 1. The third-order valence-corrected chi connectivity index (χ3v) is 8.91. The topological polar surface area (TPSA) is 206 Å². The molecule has 13 nitrogen and oxygen atoms in total. The first-order chi connectivity index (χ1) is 21.2. The Balaban J connectivity index is 1.56. The van der Waals surface area contributed by atoms with E-state index in [0.29, 0.717) is 17.8 Å². The normalized spacial score (nSPS) is 24.3. The van der Waals surface area contributed by atoms with Gasteiger partial charge in [0.2, 0.25) is 11.7 Å². The van der Waals surface area contributed by atoms with Crippen molar-refractivity contribution in [1.82, 2.24) is 10.2 Å². The minimum atomic E-state index is -2.74. The molecule has 0 spiro atoms. The Morgan fingerprint density at radius 3 is 2.33 bits per heavy atom. The van der Waals surface area contributed by atoms with E-state index in [1.54, 1.807) is 39.2 Å². The number of rotatable bonds is 8. The van der Waals surface area contributed by atoms with Gasteiger partial charge in [-0.05, 0) is 50.0 Å². The molecule has 238 valence electrons. The number of nitrogens with one attached hydrogen (secondary N) is 2. The van der Waals surface area contributed by atoms with Crippen molar-refractivity contribution in [2.45, 2.75) is 31.0 Å². The highest BCUT2D eigenvalue weighted by atomic mass is 16.3. The number of carbonyl (C=O) groups is 4. The summed E-state index contributed by atoms with van der Waals surface area (Å²) in [6, 6.07) is 9.88. The van der Waals surface area contributed by atoms with Crippen LogP contribution in [-0.2, 0) is 32.1 Å². The molecular weight excluding hydrogens is 582 g/mol. The number of nitrogens with zero attached hydrogens (tertiary/aromatic N) is 2. The van der Waals surface area contributed by atoms with Crippen molar-refractivity contribution in [2.75, 3.05) is 45.0 Å². The molecule has 1 saturated carbocycles. The number of likely N-dealkylation sites (N-methyl/N-ethyl adjacent to an activating group) is 1. The fourth-order valence-corrected chi connectivity index (χ4v) is 6.90. The standard InChI is InChI=1S/C32H37N5O8/c1-36(2)20-12-19(35-21(38)14-34-13-15-8-6-5-7-9-15)26(39)23-17(20)10-16-11-18-25(37(3)4)28(41)24(31(33)44)30(43)32(18,45)29(42)22(16)27(23)40/h5-9,12,16,18,25,34,39-40,43,45H,10-11,13-14H2,1-4H3,(H2,33,44)(H,35,38)/t16-,18-,25-,32-/m0/s1. The Kier molecular flexibility index (Phi) is 8.21. The Hall–Kier alpha value is -4.72. The Morgan fingerprint density at radius 1 is 1.07 bits per heavy atom. The first-order valence-corrected chi connectivity index (χ1v) is 14.5. The average Bonchev–Trinajstić information content (AvgIpc) is 2.96. The lowest BCUT2D eigenvalue weighted by Crippen LogP contribution is -2.65. The largest absolute Gasteiger partial charge is 0.508 e. The number of nitrogens with two attached hydrogens (primary N) is 1. The van der Waals surface area contributed by atoms with E-state index in [1.807, 2.05) is 30.3 Å². The molecule has 0 heterocycles. The molecule has 2 aromatic rings. The van der Waals surface area contributed by atoms with Crippen LogP contribution in [0, 0.1) is 11.8 Å². The molecule has 1 fully saturated rings. The lowest BCUT2D eigenvalue weighted by atomic mass is 9.57. The third kappa shape index (κ3) is 5.12. The van der Waals surface area contributed by atoms with Gasteiger partial charge in [0.05, 0.1) is 23.8 Å². The lowest BCUT2D eigenvalue weighted by molar-refractivity contribution is -0.153. The quantitative estimate of drug-likeness (QED) is 0.162. The number of amides is 2. The van der Waals surface area contributed by atoms with E-state index in [1.165, 1.54) is 4.90 Å². The second kappa shape index (κ2) is 11.7. The fourth-order valence-electron chi connectivity index (χ4n) is 6.90. The number of phenolic OH excluding ortho intramolecular Hbond substituents is 1. The number of benzene rings is 2. The summed E-state index contributed by atoms with van der Waals surface area (Å²) in [5.41, 5.74) is 3.41. The van der Waals surface area contributed by atoms with E-state index in [9.17, 15) is 39.6 Å². The molecule has 2 amide bonds. The van der Waals surface area contributed by atoms with Crippen molar-refractivity contribution < 1.29 is 39.6 Å². The fraction of sp³-hybridized carbons (Fsp3) is 0.375. The molecule has 0 unspecified atom stereocenters. The van der Waals surface area contributed by atoms with Gasteiger partial charge in [0, 0.05) is 37.8 Å². The SMILES string of the molecule is CN(C)c1cc(NC(=O)CNCc2ccccc2)c(O)c2c1C[C@H]1C[C@H]3[C@H](N(C)C)C(=O)C(C(N)=O)=C(O)[C@@]3(O)C(=O)C1=C2O. The zero-order chi connectivity index (χ0) is 33.0. The summed E-state index contributed by atoms with van der Waals surface area (Å²) < 4.78 is 0. The zero-order valence-corrected chi connectivity index (χ0v) is 25.4. The minimum Gasteiger partial charge on any atom is -0.508 e. The maximum atomic E-state index is 14.1. The summed E-state index contributed by atoms with van der Waals surface area (Å²) in [5, 5.41) is 51.5. The molecule has 3 aliphatic rings. The molecule has 8 N–H and O–H groups in total. The number of aliphatic hydroxyl groups excluding tert-OH is 2. The number of hydrogen-bond donors (Lipinski definition) is 7. The summed E-state index contributed by atoms with van der Waals surface area (Å²) >= 11 is 0. The highest BCUT2D eigenvalue weighted by molar-refractivity contribution is 6.24.